The molecule has 0 amide bonds. The number of aryl methyl sites for hydroxylation is 1. The number of benzene rings is 2. The van der Waals surface area contributed by atoms with Crippen LogP contribution in [-0.4, -0.2) is 19.5 Å². The fourth-order valence-corrected chi connectivity index (χ4v) is 3.26. The zero-order valence-electron chi connectivity index (χ0n) is 16.1. The molecule has 0 saturated heterocycles. The van der Waals surface area contributed by atoms with Crippen molar-refractivity contribution >= 4 is 23.1 Å². The van der Waals surface area contributed by atoms with E-state index in [1.54, 1.807) is 12.4 Å². The van der Waals surface area contributed by atoms with E-state index in [9.17, 15) is 0 Å². The number of halogens is 1. The van der Waals surface area contributed by atoms with E-state index in [-0.39, 0.29) is 11.9 Å². The Labute approximate surface area is 163 Å². The van der Waals surface area contributed by atoms with Gasteiger partial charge in [0.1, 0.15) is 23.4 Å². The van der Waals surface area contributed by atoms with Gasteiger partial charge in [-0.1, -0.05) is 48.0 Å². The normalized spacial score (nSPS) is 12.1. The summed E-state index contributed by atoms with van der Waals surface area (Å²) in [4.78, 5) is 13.4. The van der Waals surface area contributed by atoms with Crippen molar-refractivity contribution < 1.29 is 4.39 Å². The summed E-state index contributed by atoms with van der Waals surface area (Å²) < 4.78 is 17.3. The van der Waals surface area contributed by atoms with Gasteiger partial charge < -0.3 is 4.57 Å². The molecule has 0 fully saturated rings. The van der Waals surface area contributed by atoms with Gasteiger partial charge in [-0.15, -0.1) is 0 Å². The highest BCUT2D eigenvalue weighted by Crippen LogP contribution is 2.34. The maximum atomic E-state index is 15.3. The quantitative estimate of drug-likeness (QED) is 0.422. The molecule has 4 nitrogen and oxygen atoms in total. The van der Waals surface area contributed by atoms with Crippen LogP contribution in [0, 0.1) is 6.92 Å². The number of rotatable bonds is 4. The fourth-order valence-electron chi connectivity index (χ4n) is 3.26. The summed E-state index contributed by atoms with van der Waals surface area (Å²) in [5.74, 6) is -0.306. The van der Waals surface area contributed by atoms with Gasteiger partial charge in [0.2, 0.25) is 0 Å². The molecule has 0 aliphatic carbocycles. The lowest BCUT2D eigenvalue weighted by atomic mass is 9.99. The van der Waals surface area contributed by atoms with E-state index in [1.807, 2.05) is 60.0 Å². The molecule has 140 valence electrons. The van der Waals surface area contributed by atoms with Crippen molar-refractivity contribution in [2.45, 2.75) is 26.8 Å². The van der Waals surface area contributed by atoms with Crippen LogP contribution in [0.15, 0.2) is 61.2 Å². The monoisotopic (exact) mass is 372 g/mol. The molecule has 0 atom stereocenters. The third kappa shape index (κ3) is 3.31. The predicted molar refractivity (Wildman–Crippen MR) is 111 cm³/mol. The van der Waals surface area contributed by atoms with Crippen molar-refractivity contribution in [1.29, 1.82) is 0 Å². The van der Waals surface area contributed by atoms with Crippen LogP contribution in [0.2, 0.25) is 0 Å². The Balaban J connectivity index is 1.91. The van der Waals surface area contributed by atoms with Crippen molar-refractivity contribution in [2.24, 2.45) is 0 Å². The Bertz CT molecular complexity index is 1160. The highest BCUT2D eigenvalue weighted by Gasteiger charge is 2.17. The van der Waals surface area contributed by atoms with Gasteiger partial charge in [-0.25, -0.2) is 19.3 Å². The lowest BCUT2D eigenvalue weighted by molar-refractivity contribution is 0.612. The number of nitrogens with zero attached hydrogens (tertiary/aromatic N) is 4. The molecule has 0 saturated carbocycles. The number of hydrogen-bond donors (Lipinski definition) is 0. The van der Waals surface area contributed by atoms with Crippen LogP contribution < -0.4 is 0 Å². The minimum atomic E-state index is -0.306. The second-order valence-electron chi connectivity index (χ2n) is 7.09. The van der Waals surface area contributed by atoms with Crippen molar-refractivity contribution in [1.82, 2.24) is 19.5 Å². The molecular formula is C23H21FN4. The van der Waals surface area contributed by atoms with Crippen LogP contribution in [0.25, 0.3) is 34.3 Å². The van der Waals surface area contributed by atoms with Crippen LogP contribution in [0.1, 0.15) is 36.6 Å². The van der Waals surface area contributed by atoms with E-state index in [0.29, 0.717) is 22.3 Å². The summed E-state index contributed by atoms with van der Waals surface area (Å²) in [6, 6.07) is 15.4. The van der Waals surface area contributed by atoms with Gasteiger partial charge in [0.05, 0.1) is 6.33 Å². The molecule has 0 aliphatic heterocycles. The number of hydrogen-bond acceptors (Lipinski definition) is 3. The van der Waals surface area contributed by atoms with Gasteiger partial charge in [-0.05, 0) is 38.5 Å². The van der Waals surface area contributed by atoms with Crippen LogP contribution >= 0.6 is 0 Å². The smallest absolute Gasteiger partial charge is 0.164 e. The fraction of sp³-hybridized carbons (Fsp3) is 0.174. The Hall–Kier alpha value is -3.34. The largest absolute Gasteiger partial charge is 0.313 e. The van der Waals surface area contributed by atoms with Gasteiger partial charge in [0.15, 0.2) is 5.65 Å². The minimum absolute atomic E-state index is 0.222. The Morgan fingerprint density at radius 1 is 1.04 bits per heavy atom. The first-order valence-electron chi connectivity index (χ1n) is 9.26. The molecule has 0 unspecified atom stereocenters. The summed E-state index contributed by atoms with van der Waals surface area (Å²) in [5, 5.41) is 0. The molecule has 4 aromatic rings. The summed E-state index contributed by atoms with van der Waals surface area (Å²) in [5.41, 5.74) is 5.06. The average Bonchev–Trinajstić information content (AvgIpc) is 3.13. The lowest BCUT2D eigenvalue weighted by Crippen LogP contribution is -2.00. The molecular weight excluding hydrogens is 351 g/mol. The second-order valence-corrected chi connectivity index (χ2v) is 7.09. The third-order valence-electron chi connectivity index (χ3n) is 4.70. The first kappa shape index (κ1) is 18.0. The molecule has 4 rings (SSSR count). The van der Waals surface area contributed by atoms with Gasteiger partial charge in [0.25, 0.3) is 0 Å². The van der Waals surface area contributed by atoms with Gasteiger partial charge in [-0.3, -0.25) is 0 Å². The molecule has 0 aliphatic rings. The minimum Gasteiger partial charge on any atom is -0.313 e. The molecule has 5 heteroatoms. The zero-order chi connectivity index (χ0) is 19.7. The molecule has 0 radical (unpaired) electrons. The SMILES string of the molecule is Cc1ccc(-c2ncnc3c2ncn3C(C)C)c(/C(F)=C/c2ccccc2)c1. The predicted octanol–water partition coefficient (Wildman–Crippen LogP) is 5.85. The molecule has 0 spiro atoms. The maximum Gasteiger partial charge on any atom is 0.164 e. The van der Waals surface area contributed by atoms with Crippen molar-refractivity contribution in [3.63, 3.8) is 0 Å². The third-order valence-corrected chi connectivity index (χ3v) is 4.70. The zero-order valence-corrected chi connectivity index (χ0v) is 16.1. The lowest BCUT2D eigenvalue weighted by Gasteiger charge is -2.11. The summed E-state index contributed by atoms with van der Waals surface area (Å²) in [6.45, 7) is 6.09. The van der Waals surface area contributed by atoms with E-state index in [2.05, 4.69) is 28.8 Å². The van der Waals surface area contributed by atoms with E-state index in [0.717, 1.165) is 16.8 Å². The van der Waals surface area contributed by atoms with Gasteiger partial charge >= 0.3 is 0 Å². The van der Waals surface area contributed by atoms with Crippen molar-refractivity contribution in [2.75, 3.05) is 0 Å². The molecule has 2 aromatic heterocycles. The summed E-state index contributed by atoms with van der Waals surface area (Å²) in [6.07, 6.45) is 4.82. The molecule has 2 aromatic carbocycles. The first-order chi connectivity index (χ1) is 13.5. The van der Waals surface area contributed by atoms with E-state index in [1.165, 1.54) is 6.33 Å². The molecule has 0 N–H and O–H groups in total. The Kier molecular flexibility index (Phi) is 4.74. The van der Waals surface area contributed by atoms with E-state index < -0.39 is 0 Å². The Morgan fingerprint density at radius 3 is 2.57 bits per heavy atom. The van der Waals surface area contributed by atoms with Crippen molar-refractivity contribution in [3.05, 3.63) is 77.9 Å². The topological polar surface area (TPSA) is 43.6 Å². The van der Waals surface area contributed by atoms with Gasteiger partial charge in [-0.2, -0.15) is 0 Å². The van der Waals surface area contributed by atoms with E-state index in [4.69, 9.17) is 0 Å². The second kappa shape index (κ2) is 7.35. The number of imidazole rings is 1. The highest BCUT2D eigenvalue weighted by molar-refractivity contribution is 5.93. The number of aromatic nitrogens is 4. The standard InChI is InChI=1S/C23H21FN4/c1-15(2)28-14-27-22-21(25-13-26-23(22)28)18-10-9-16(3)11-19(18)20(24)12-17-7-5-4-6-8-17/h4-15H,1-3H3/b20-12-. The van der Waals surface area contributed by atoms with Crippen molar-refractivity contribution in [3.8, 4) is 11.3 Å². The van der Waals surface area contributed by atoms with Crippen LogP contribution in [-0.2, 0) is 0 Å². The summed E-state index contributed by atoms with van der Waals surface area (Å²) >= 11 is 0. The highest BCUT2D eigenvalue weighted by atomic mass is 19.1. The van der Waals surface area contributed by atoms with E-state index >= 15 is 4.39 Å². The van der Waals surface area contributed by atoms with Crippen LogP contribution in [0.3, 0.4) is 0 Å². The molecule has 0 bridgehead atoms. The van der Waals surface area contributed by atoms with Gasteiger partial charge in [0, 0.05) is 17.2 Å². The maximum absolute atomic E-state index is 15.3. The van der Waals surface area contributed by atoms with Crippen LogP contribution in [0.5, 0.6) is 0 Å². The average molecular weight is 372 g/mol. The molecule has 2 heterocycles. The summed E-state index contributed by atoms with van der Waals surface area (Å²) in [7, 11) is 0. The van der Waals surface area contributed by atoms with Crippen LogP contribution in [0.4, 0.5) is 4.39 Å². The Morgan fingerprint density at radius 2 is 1.82 bits per heavy atom. The molecule has 28 heavy (non-hydrogen) atoms. The first-order valence-corrected chi connectivity index (χ1v) is 9.26. The number of fused-ring (bicyclic) bond motifs is 1.